The molecule has 0 aliphatic heterocycles. The number of carbonyl (C=O) groups is 1. The minimum Gasteiger partial charge on any atom is -0.273 e. The Hall–Kier alpha value is -0.920. The van der Waals surface area contributed by atoms with E-state index in [2.05, 4.69) is 4.84 Å². The summed E-state index contributed by atoms with van der Waals surface area (Å²) in [5, 5.41) is 0.649. The second kappa shape index (κ2) is 8.39. The van der Waals surface area contributed by atoms with Gasteiger partial charge in [-0.2, -0.15) is 13.2 Å². The number of hydrogen-bond donors (Lipinski definition) is 1. The minimum absolute atomic E-state index is 0.110. The smallest absolute Gasteiger partial charge is 0.273 e. The standard InChI is InChI=1S/C12H13ClF3NO2S/c13-9-3-5-10(6-4-9)20-7-1-2-11(18)17-19-8-12(14,15)16/h3-6H,1-2,7-8H2,(H,17,18). The van der Waals surface area contributed by atoms with Crippen molar-refractivity contribution in [1.82, 2.24) is 5.48 Å². The predicted molar refractivity (Wildman–Crippen MR) is 71.6 cm³/mol. The summed E-state index contributed by atoms with van der Waals surface area (Å²) in [6.45, 7) is -1.49. The van der Waals surface area contributed by atoms with Gasteiger partial charge < -0.3 is 0 Å². The van der Waals surface area contributed by atoms with Gasteiger partial charge in [-0.25, -0.2) is 5.48 Å². The van der Waals surface area contributed by atoms with Crippen LogP contribution in [0.3, 0.4) is 0 Å². The van der Waals surface area contributed by atoms with Crippen LogP contribution >= 0.6 is 23.4 Å². The van der Waals surface area contributed by atoms with E-state index < -0.39 is 18.7 Å². The number of rotatable bonds is 7. The number of benzene rings is 1. The maximum absolute atomic E-state index is 11.7. The molecule has 0 unspecified atom stereocenters. The molecule has 0 aliphatic rings. The van der Waals surface area contributed by atoms with E-state index in [0.717, 1.165) is 4.90 Å². The Balaban J connectivity index is 2.09. The van der Waals surface area contributed by atoms with Gasteiger partial charge in [0.1, 0.15) is 0 Å². The zero-order valence-corrected chi connectivity index (χ0v) is 11.9. The van der Waals surface area contributed by atoms with Crippen LogP contribution in [-0.4, -0.2) is 24.4 Å². The van der Waals surface area contributed by atoms with Crippen LogP contribution in [0.25, 0.3) is 0 Å². The number of alkyl halides is 3. The summed E-state index contributed by atoms with van der Waals surface area (Å²) in [4.78, 5) is 16.2. The van der Waals surface area contributed by atoms with Crippen molar-refractivity contribution in [3.8, 4) is 0 Å². The third-order valence-electron chi connectivity index (χ3n) is 2.05. The van der Waals surface area contributed by atoms with Crippen LogP contribution in [0.5, 0.6) is 0 Å². The molecule has 0 heterocycles. The van der Waals surface area contributed by atoms with Crippen LogP contribution in [0.2, 0.25) is 5.02 Å². The Labute approximate surface area is 123 Å². The number of thioether (sulfide) groups is 1. The molecule has 0 spiro atoms. The predicted octanol–water partition coefficient (Wildman–Crippen LogP) is 3.82. The third-order valence-corrected chi connectivity index (χ3v) is 3.40. The summed E-state index contributed by atoms with van der Waals surface area (Å²) < 4.78 is 35.2. The van der Waals surface area contributed by atoms with Gasteiger partial charge in [-0.3, -0.25) is 9.63 Å². The van der Waals surface area contributed by atoms with Gasteiger partial charge in [0.15, 0.2) is 6.61 Å². The molecule has 1 rings (SSSR count). The molecule has 0 bridgehead atoms. The van der Waals surface area contributed by atoms with E-state index in [1.807, 2.05) is 12.1 Å². The normalized spacial score (nSPS) is 11.4. The highest BCUT2D eigenvalue weighted by Gasteiger charge is 2.28. The molecule has 3 nitrogen and oxygen atoms in total. The van der Waals surface area contributed by atoms with E-state index in [9.17, 15) is 18.0 Å². The van der Waals surface area contributed by atoms with E-state index in [1.54, 1.807) is 17.6 Å². The lowest BCUT2D eigenvalue weighted by atomic mass is 10.3. The van der Waals surface area contributed by atoms with E-state index >= 15 is 0 Å². The molecular weight excluding hydrogens is 315 g/mol. The number of halogens is 4. The molecule has 112 valence electrons. The summed E-state index contributed by atoms with van der Waals surface area (Å²) in [5.74, 6) is 0.111. The van der Waals surface area contributed by atoms with E-state index in [0.29, 0.717) is 17.2 Å². The molecule has 0 aliphatic carbocycles. The highest BCUT2D eigenvalue weighted by molar-refractivity contribution is 7.99. The van der Waals surface area contributed by atoms with E-state index in [1.165, 1.54) is 11.8 Å². The summed E-state index contributed by atoms with van der Waals surface area (Å²) in [7, 11) is 0. The van der Waals surface area contributed by atoms with Gasteiger partial charge >= 0.3 is 6.18 Å². The maximum atomic E-state index is 11.7. The molecule has 20 heavy (non-hydrogen) atoms. The molecular formula is C12H13ClF3NO2S. The molecule has 1 amide bonds. The Bertz CT molecular complexity index is 426. The zero-order chi connectivity index (χ0) is 15.0. The van der Waals surface area contributed by atoms with E-state index in [4.69, 9.17) is 11.6 Å². The lowest BCUT2D eigenvalue weighted by Crippen LogP contribution is -2.29. The van der Waals surface area contributed by atoms with Crippen LogP contribution in [0.4, 0.5) is 13.2 Å². The molecule has 1 N–H and O–H groups in total. The monoisotopic (exact) mass is 327 g/mol. The van der Waals surface area contributed by atoms with Crippen molar-refractivity contribution < 1.29 is 22.8 Å². The average Bonchev–Trinajstić information content (AvgIpc) is 2.35. The van der Waals surface area contributed by atoms with Crippen molar-refractivity contribution >= 4 is 29.3 Å². The van der Waals surface area contributed by atoms with Crippen molar-refractivity contribution in [2.75, 3.05) is 12.4 Å². The van der Waals surface area contributed by atoms with Crippen molar-refractivity contribution in [3.63, 3.8) is 0 Å². The summed E-state index contributed by atoms with van der Waals surface area (Å²) in [6, 6.07) is 7.25. The highest BCUT2D eigenvalue weighted by atomic mass is 35.5. The van der Waals surface area contributed by atoms with Crippen molar-refractivity contribution in [2.45, 2.75) is 23.9 Å². The topological polar surface area (TPSA) is 38.3 Å². The van der Waals surface area contributed by atoms with Crippen LogP contribution in [-0.2, 0) is 9.63 Å². The maximum Gasteiger partial charge on any atom is 0.414 e. The first kappa shape index (κ1) is 17.1. The average molecular weight is 328 g/mol. The fraction of sp³-hybridized carbons (Fsp3) is 0.417. The van der Waals surface area contributed by atoms with Crippen LogP contribution in [0.15, 0.2) is 29.2 Å². The van der Waals surface area contributed by atoms with Gasteiger partial charge in [-0.15, -0.1) is 11.8 Å². The largest absolute Gasteiger partial charge is 0.414 e. The Morgan fingerprint density at radius 3 is 2.55 bits per heavy atom. The summed E-state index contributed by atoms with van der Waals surface area (Å²) in [6.07, 6.45) is -3.80. The highest BCUT2D eigenvalue weighted by Crippen LogP contribution is 2.21. The lowest BCUT2D eigenvalue weighted by molar-refractivity contribution is -0.191. The lowest BCUT2D eigenvalue weighted by Gasteiger charge is -2.08. The van der Waals surface area contributed by atoms with Gasteiger partial charge in [0, 0.05) is 16.3 Å². The van der Waals surface area contributed by atoms with Crippen molar-refractivity contribution in [3.05, 3.63) is 29.3 Å². The second-order valence-electron chi connectivity index (χ2n) is 3.84. The first-order valence-electron chi connectivity index (χ1n) is 5.72. The van der Waals surface area contributed by atoms with Crippen LogP contribution < -0.4 is 5.48 Å². The Kier molecular flexibility index (Phi) is 7.18. The van der Waals surface area contributed by atoms with Gasteiger partial charge in [0.2, 0.25) is 5.91 Å². The Morgan fingerprint density at radius 2 is 1.95 bits per heavy atom. The molecule has 0 radical (unpaired) electrons. The first-order chi connectivity index (χ1) is 9.37. The number of hydroxylamine groups is 1. The zero-order valence-electron chi connectivity index (χ0n) is 10.4. The number of carbonyl (C=O) groups excluding carboxylic acids is 1. The fourth-order valence-electron chi connectivity index (χ4n) is 1.20. The molecule has 0 aromatic heterocycles. The van der Waals surface area contributed by atoms with Crippen molar-refractivity contribution in [2.24, 2.45) is 0 Å². The van der Waals surface area contributed by atoms with Gasteiger partial charge in [0.05, 0.1) is 0 Å². The molecule has 0 saturated heterocycles. The minimum atomic E-state index is -4.45. The van der Waals surface area contributed by atoms with Crippen molar-refractivity contribution in [1.29, 1.82) is 0 Å². The number of amides is 1. The molecule has 0 fully saturated rings. The fourth-order valence-corrected chi connectivity index (χ4v) is 2.18. The molecule has 0 saturated carbocycles. The third kappa shape index (κ3) is 8.29. The second-order valence-corrected chi connectivity index (χ2v) is 5.44. The molecule has 1 aromatic carbocycles. The number of nitrogens with one attached hydrogen (secondary N) is 1. The summed E-state index contributed by atoms with van der Waals surface area (Å²) in [5.41, 5.74) is 1.76. The first-order valence-corrected chi connectivity index (χ1v) is 7.09. The van der Waals surface area contributed by atoms with Crippen LogP contribution in [0.1, 0.15) is 12.8 Å². The van der Waals surface area contributed by atoms with Crippen LogP contribution in [0, 0.1) is 0 Å². The van der Waals surface area contributed by atoms with Gasteiger partial charge in [-0.05, 0) is 36.4 Å². The van der Waals surface area contributed by atoms with Gasteiger partial charge in [0.25, 0.3) is 0 Å². The van der Waals surface area contributed by atoms with E-state index in [-0.39, 0.29) is 6.42 Å². The number of hydrogen-bond acceptors (Lipinski definition) is 3. The molecule has 0 atom stereocenters. The molecule has 8 heteroatoms. The SMILES string of the molecule is O=C(CCCSc1ccc(Cl)cc1)NOCC(F)(F)F. The summed E-state index contributed by atoms with van der Waals surface area (Å²) >= 11 is 7.28. The molecule has 1 aromatic rings. The Morgan fingerprint density at radius 1 is 1.30 bits per heavy atom. The van der Waals surface area contributed by atoms with Gasteiger partial charge in [-0.1, -0.05) is 11.6 Å². The quantitative estimate of drug-likeness (QED) is 0.470.